The van der Waals surface area contributed by atoms with Crippen LogP contribution in [0.2, 0.25) is 0 Å². The zero-order valence-electron chi connectivity index (χ0n) is 15.0. The van der Waals surface area contributed by atoms with Gasteiger partial charge in [0.1, 0.15) is 11.2 Å². The Balaban J connectivity index is 2.09. The Labute approximate surface area is 152 Å². The van der Waals surface area contributed by atoms with Crippen molar-refractivity contribution in [1.82, 2.24) is 0 Å². The van der Waals surface area contributed by atoms with Crippen molar-refractivity contribution in [2.45, 2.75) is 20.3 Å². The largest absolute Gasteiger partial charge is 0.455 e. The van der Waals surface area contributed by atoms with Crippen LogP contribution >= 0.6 is 0 Å². The second kappa shape index (κ2) is 5.74. The van der Waals surface area contributed by atoms with E-state index in [-0.39, 0.29) is 0 Å². The second-order valence-electron chi connectivity index (χ2n) is 6.86. The quantitative estimate of drug-likeness (QED) is 0.330. The van der Waals surface area contributed by atoms with Gasteiger partial charge in [-0.2, -0.15) is 0 Å². The van der Waals surface area contributed by atoms with Crippen LogP contribution in [0.25, 0.3) is 43.8 Å². The summed E-state index contributed by atoms with van der Waals surface area (Å²) in [5.74, 6) is 0. The zero-order valence-corrected chi connectivity index (χ0v) is 15.0. The Bertz CT molecular complexity index is 1270. The number of furan rings is 1. The predicted molar refractivity (Wildman–Crippen MR) is 111 cm³/mol. The lowest BCUT2D eigenvalue weighted by Gasteiger charge is -2.15. The summed E-state index contributed by atoms with van der Waals surface area (Å²) in [7, 11) is 0. The smallest absolute Gasteiger partial charge is 0.143 e. The first-order chi connectivity index (χ1) is 12.8. The molecule has 0 aliphatic carbocycles. The van der Waals surface area contributed by atoms with Gasteiger partial charge in [-0.05, 0) is 47.1 Å². The highest BCUT2D eigenvalue weighted by Gasteiger charge is 2.20. The maximum absolute atomic E-state index is 6.36. The molecular weight excluding hydrogens is 316 g/mol. The lowest BCUT2D eigenvalue weighted by molar-refractivity contribution is 0.672. The number of hydrogen-bond donors (Lipinski definition) is 0. The van der Waals surface area contributed by atoms with Gasteiger partial charge >= 0.3 is 0 Å². The Morgan fingerprint density at radius 3 is 2.19 bits per heavy atom. The molecule has 4 aromatic carbocycles. The van der Waals surface area contributed by atoms with Gasteiger partial charge in [0.25, 0.3) is 0 Å². The number of benzene rings is 4. The van der Waals surface area contributed by atoms with Crippen molar-refractivity contribution in [2.24, 2.45) is 0 Å². The molecule has 126 valence electrons. The van der Waals surface area contributed by atoms with Crippen LogP contribution in [0.5, 0.6) is 0 Å². The van der Waals surface area contributed by atoms with Gasteiger partial charge in [-0.25, -0.2) is 0 Å². The molecule has 0 amide bonds. The SMILES string of the molecule is CCc1ccccc1-c1c(C)c2ccccc2c2oc3ccccc3c12. The highest BCUT2D eigenvalue weighted by atomic mass is 16.3. The highest BCUT2D eigenvalue weighted by Crippen LogP contribution is 2.44. The number of para-hydroxylation sites is 1. The average molecular weight is 336 g/mol. The van der Waals surface area contributed by atoms with Gasteiger partial charge < -0.3 is 4.42 Å². The van der Waals surface area contributed by atoms with Crippen molar-refractivity contribution in [2.75, 3.05) is 0 Å². The van der Waals surface area contributed by atoms with Crippen LogP contribution in [0, 0.1) is 6.92 Å². The predicted octanol–water partition coefficient (Wildman–Crippen LogP) is 7.28. The minimum absolute atomic E-state index is 0.952. The number of aryl methyl sites for hydroxylation is 2. The number of rotatable bonds is 2. The van der Waals surface area contributed by atoms with E-state index in [0.29, 0.717) is 0 Å². The number of fused-ring (bicyclic) bond motifs is 5. The molecular formula is C25H20O. The van der Waals surface area contributed by atoms with Crippen molar-refractivity contribution in [3.8, 4) is 11.1 Å². The van der Waals surface area contributed by atoms with E-state index in [1.54, 1.807) is 0 Å². The van der Waals surface area contributed by atoms with E-state index in [0.717, 1.165) is 17.6 Å². The van der Waals surface area contributed by atoms with E-state index >= 15 is 0 Å². The molecule has 0 bridgehead atoms. The highest BCUT2D eigenvalue weighted by molar-refractivity contribution is 6.22. The first-order valence-corrected chi connectivity index (χ1v) is 9.20. The van der Waals surface area contributed by atoms with Gasteiger partial charge in [0.15, 0.2) is 0 Å². The molecule has 0 radical (unpaired) electrons. The third-order valence-corrected chi connectivity index (χ3v) is 5.46. The first kappa shape index (κ1) is 15.2. The molecule has 1 heterocycles. The van der Waals surface area contributed by atoms with Gasteiger partial charge in [-0.15, -0.1) is 0 Å². The van der Waals surface area contributed by atoms with Crippen LogP contribution in [-0.2, 0) is 6.42 Å². The van der Waals surface area contributed by atoms with Crippen LogP contribution in [0.4, 0.5) is 0 Å². The molecule has 5 rings (SSSR count). The van der Waals surface area contributed by atoms with Gasteiger partial charge in [0.2, 0.25) is 0 Å². The molecule has 0 saturated carbocycles. The topological polar surface area (TPSA) is 13.1 Å². The zero-order chi connectivity index (χ0) is 17.7. The van der Waals surface area contributed by atoms with Crippen molar-refractivity contribution in [3.05, 3.63) is 83.9 Å². The summed E-state index contributed by atoms with van der Waals surface area (Å²) in [6, 6.07) is 25.7. The summed E-state index contributed by atoms with van der Waals surface area (Å²) in [5.41, 5.74) is 7.26. The minimum Gasteiger partial charge on any atom is -0.455 e. The lowest BCUT2D eigenvalue weighted by atomic mass is 9.88. The molecule has 0 saturated heterocycles. The Kier molecular flexibility index (Phi) is 3.36. The molecule has 0 aliphatic rings. The van der Waals surface area contributed by atoms with Crippen molar-refractivity contribution >= 4 is 32.7 Å². The summed E-state index contributed by atoms with van der Waals surface area (Å²) < 4.78 is 6.36. The fourth-order valence-corrected chi connectivity index (χ4v) is 4.22. The Morgan fingerprint density at radius 2 is 1.38 bits per heavy atom. The van der Waals surface area contributed by atoms with Crippen LogP contribution < -0.4 is 0 Å². The molecule has 0 fully saturated rings. The summed E-state index contributed by atoms with van der Waals surface area (Å²) in [6.45, 7) is 4.46. The third kappa shape index (κ3) is 2.04. The van der Waals surface area contributed by atoms with E-state index in [2.05, 4.69) is 80.6 Å². The van der Waals surface area contributed by atoms with E-state index in [9.17, 15) is 0 Å². The molecule has 1 aromatic heterocycles. The van der Waals surface area contributed by atoms with E-state index in [4.69, 9.17) is 4.42 Å². The fraction of sp³-hybridized carbons (Fsp3) is 0.120. The standard InChI is InChI=1S/C25H20O/c1-3-17-10-4-5-12-19(17)23-16(2)18-11-6-7-13-20(18)25-24(23)21-14-8-9-15-22(21)26-25/h4-15H,3H2,1-2H3. The van der Waals surface area contributed by atoms with Gasteiger partial charge in [0, 0.05) is 16.2 Å². The third-order valence-electron chi connectivity index (χ3n) is 5.46. The minimum atomic E-state index is 0.952. The number of hydrogen-bond acceptors (Lipinski definition) is 1. The van der Waals surface area contributed by atoms with Crippen LogP contribution in [0.3, 0.4) is 0 Å². The van der Waals surface area contributed by atoms with E-state index < -0.39 is 0 Å². The Morgan fingerprint density at radius 1 is 0.731 bits per heavy atom. The van der Waals surface area contributed by atoms with Crippen LogP contribution in [0.1, 0.15) is 18.1 Å². The van der Waals surface area contributed by atoms with Crippen LogP contribution in [-0.4, -0.2) is 0 Å². The van der Waals surface area contributed by atoms with Gasteiger partial charge in [-0.3, -0.25) is 0 Å². The first-order valence-electron chi connectivity index (χ1n) is 9.20. The molecule has 1 nitrogen and oxygen atoms in total. The summed E-state index contributed by atoms with van der Waals surface area (Å²) in [5, 5.41) is 4.88. The molecule has 0 aliphatic heterocycles. The monoisotopic (exact) mass is 336 g/mol. The van der Waals surface area contributed by atoms with Crippen molar-refractivity contribution < 1.29 is 4.42 Å². The molecule has 0 spiro atoms. The fourth-order valence-electron chi connectivity index (χ4n) is 4.22. The molecule has 26 heavy (non-hydrogen) atoms. The average Bonchev–Trinajstić information content (AvgIpc) is 3.08. The molecule has 0 N–H and O–H groups in total. The molecule has 0 atom stereocenters. The van der Waals surface area contributed by atoms with E-state index in [1.807, 2.05) is 6.07 Å². The van der Waals surface area contributed by atoms with Crippen LogP contribution in [0.15, 0.2) is 77.2 Å². The van der Waals surface area contributed by atoms with Crippen molar-refractivity contribution in [3.63, 3.8) is 0 Å². The Hall–Kier alpha value is -3.06. The molecule has 0 unspecified atom stereocenters. The van der Waals surface area contributed by atoms with Gasteiger partial charge in [-0.1, -0.05) is 73.7 Å². The van der Waals surface area contributed by atoms with Crippen molar-refractivity contribution in [1.29, 1.82) is 0 Å². The maximum atomic E-state index is 6.36. The normalized spacial score (nSPS) is 11.6. The maximum Gasteiger partial charge on any atom is 0.143 e. The lowest BCUT2D eigenvalue weighted by Crippen LogP contribution is -1.92. The molecule has 5 aromatic rings. The summed E-state index contributed by atoms with van der Waals surface area (Å²) in [6.07, 6.45) is 1.01. The van der Waals surface area contributed by atoms with Gasteiger partial charge in [0.05, 0.1) is 0 Å². The van der Waals surface area contributed by atoms with E-state index in [1.165, 1.54) is 43.8 Å². The summed E-state index contributed by atoms with van der Waals surface area (Å²) >= 11 is 0. The second-order valence-corrected chi connectivity index (χ2v) is 6.86. The summed E-state index contributed by atoms with van der Waals surface area (Å²) in [4.78, 5) is 0. The molecule has 1 heteroatoms.